The first-order valence-electron chi connectivity index (χ1n) is 9.79. The maximum Gasteiger partial charge on any atom is 0.223 e. The van der Waals surface area contributed by atoms with Gasteiger partial charge in [0.25, 0.3) is 0 Å². The Balaban J connectivity index is 1.75. The van der Waals surface area contributed by atoms with E-state index < -0.39 is 0 Å². The molecule has 1 aromatic heterocycles. The molecule has 0 aliphatic carbocycles. The van der Waals surface area contributed by atoms with E-state index in [1.807, 2.05) is 29.2 Å². The average molecular weight is 381 g/mol. The number of aromatic amines is 1. The van der Waals surface area contributed by atoms with Crippen molar-refractivity contribution < 1.29 is 4.79 Å². The molecule has 4 rings (SSSR count). The normalized spacial score (nSPS) is 15.4. The summed E-state index contributed by atoms with van der Waals surface area (Å²) in [6.07, 6.45) is 5.79. The average Bonchev–Trinajstić information content (AvgIpc) is 3.36. The van der Waals surface area contributed by atoms with Crippen molar-refractivity contribution in [2.45, 2.75) is 38.5 Å². The molecular formula is C23H25ClN2O. The Hall–Kier alpha value is -2.26. The van der Waals surface area contributed by atoms with Crippen LogP contribution in [-0.4, -0.2) is 28.9 Å². The fraction of sp³-hybridized carbons (Fsp3) is 0.348. The van der Waals surface area contributed by atoms with E-state index in [2.05, 4.69) is 36.3 Å². The van der Waals surface area contributed by atoms with Crippen LogP contribution in [0.1, 0.15) is 48.8 Å². The van der Waals surface area contributed by atoms with Gasteiger partial charge in [0.1, 0.15) is 0 Å². The third kappa shape index (κ3) is 3.61. The Bertz CT molecular complexity index is 939. The summed E-state index contributed by atoms with van der Waals surface area (Å²) in [6, 6.07) is 14.4. The van der Waals surface area contributed by atoms with Gasteiger partial charge in [0, 0.05) is 47.6 Å². The highest BCUT2D eigenvalue weighted by molar-refractivity contribution is 6.30. The van der Waals surface area contributed by atoms with Crippen molar-refractivity contribution in [3.8, 4) is 0 Å². The fourth-order valence-corrected chi connectivity index (χ4v) is 4.32. The quantitative estimate of drug-likeness (QED) is 0.620. The van der Waals surface area contributed by atoms with E-state index in [1.165, 1.54) is 22.0 Å². The van der Waals surface area contributed by atoms with Crippen LogP contribution >= 0.6 is 11.6 Å². The predicted molar refractivity (Wildman–Crippen MR) is 111 cm³/mol. The van der Waals surface area contributed by atoms with Crippen molar-refractivity contribution in [3.05, 3.63) is 70.4 Å². The van der Waals surface area contributed by atoms with Gasteiger partial charge in [-0.05, 0) is 48.1 Å². The fourth-order valence-electron chi connectivity index (χ4n) is 4.19. The number of amides is 1. The van der Waals surface area contributed by atoms with E-state index in [9.17, 15) is 4.79 Å². The zero-order chi connectivity index (χ0) is 18.8. The lowest BCUT2D eigenvalue weighted by Crippen LogP contribution is -2.29. The number of aryl methyl sites for hydroxylation is 1. The molecule has 1 amide bonds. The van der Waals surface area contributed by atoms with Gasteiger partial charge in [-0.3, -0.25) is 4.79 Å². The second kappa shape index (κ2) is 7.77. The minimum absolute atomic E-state index is 0.0243. The monoisotopic (exact) mass is 380 g/mol. The molecule has 2 aromatic carbocycles. The Morgan fingerprint density at radius 2 is 1.89 bits per heavy atom. The van der Waals surface area contributed by atoms with E-state index in [4.69, 9.17) is 11.6 Å². The SMILES string of the molecule is CCc1cccc2c([C@@H](CC(=O)N3CCCC3)c3ccc(Cl)cc3)c[nH]c12. The van der Waals surface area contributed by atoms with Gasteiger partial charge in [-0.2, -0.15) is 0 Å². The molecule has 0 spiro atoms. The number of carbonyl (C=O) groups excluding carboxylic acids is 1. The molecule has 1 saturated heterocycles. The van der Waals surface area contributed by atoms with E-state index in [0.717, 1.165) is 42.9 Å². The molecule has 27 heavy (non-hydrogen) atoms. The molecule has 3 aromatic rings. The lowest BCUT2D eigenvalue weighted by molar-refractivity contribution is -0.130. The zero-order valence-electron chi connectivity index (χ0n) is 15.7. The third-order valence-electron chi connectivity index (χ3n) is 5.70. The minimum Gasteiger partial charge on any atom is -0.361 e. The molecule has 1 aliphatic rings. The van der Waals surface area contributed by atoms with E-state index >= 15 is 0 Å². The molecule has 1 atom stereocenters. The highest BCUT2D eigenvalue weighted by Crippen LogP contribution is 2.35. The summed E-state index contributed by atoms with van der Waals surface area (Å²) in [4.78, 5) is 18.4. The van der Waals surface area contributed by atoms with Crippen LogP contribution in [0.15, 0.2) is 48.7 Å². The number of hydrogen-bond donors (Lipinski definition) is 1. The van der Waals surface area contributed by atoms with Crippen LogP contribution in [0.4, 0.5) is 0 Å². The highest BCUT2D eigenvalue weighted by Gasteiger charge is 2.26. The summed E-state index contributed by atoms with van der Waals surface area (Å²) in [5.41, 5.74) is 4.81. The number of nitrogens with one attached hydrogen (secondary N) is 1. The summed E-state index contributed by atoms with van der Waals surface area (Å²) >= 11 is 6.10. The van der Waals surface area contributed by atoms with Crippen LogP contribution in [0.25, 0.3) is 10.9 Å². The first kappa shape index (κ1) is 18.1. The van der Waals surface area contributed by atoms with Crippen LogP contribution in [0.5, 0.6) is 0 Å². The summed E-state index contributed by atoms with van der Waals surface area (Å²) in [5.74, 6) is 0.268. The molecule has 0 saturated carbocycles. The molecule has 0 radical (unpaired) electrons. The molecule has 140 valence electrons. The lowest BCUT2D eigenvalue weighted by atomic mass is 9.87. The Morgan fingerprint density at radius 3 is 2.59 bits per heavy atom. The van der Waals surface area contributed by atoms with Gasteiger partial charge >= 0.3 is 0 Å². The van der Waals surface area contributed by atoms with E-state index in [-0.39, 0.29) is 11.8 Å². The molecule has 0 bridgehead atoms. The number of carbonyl (C=O) groups is 1. The lowest BCUT2D eigenvalue weighted by Gasteiger charge is -2.21. The largest absolute Gasteiger partial charge is 0.361 e. The first-order chi connectivity index (χ1) is 13.2. The number of H-pyrrole nitrogens is 1. The van der Waals surface area contributed by atoms with Gasteiger partial charge in [0.05, 0.1) is 0 Å². The summed E-state index contributed by atoms with van der Waals surface area (Å²) in [5, 5.41) is 1.93. The molecule has 1 aliphatic heterocycles. The zero-order valence-corrected chi connectivity index (χ0v) is 16.4. The van der Waals surface area contributed by atoms with Crippen LogP contribution < -0.4 is 0 Å². The van der Waals surface area contributed by atoms with Crippen molar-refractivity contribution in [3.63, 3.8) is 0 Å². The number of nitrogens with zero attached hydrogens (tertiary/aromatic N) is 1. The molecule has 1 N–H and O–H groups in total. The number of benzene rings is 2. The second-order valence-electron chi connectivity index (χ2n) is 7.33. The number of rotatable bonds is 5. The molecule has 4 heteroatoms. The van der Waals surface area contributed by atoms with Crippen LogP contribution in [-0.2, 0) is 11.2 Å². The van der Waals surface area contributed by atoms with Gasteiger partial charge in [0.15, 0.2) is 0 Å². The minimum atomic E-state index is 0.0243. The number of aromatic nitrogens is 1. The Labute approximate surface area is 165 Å². The standard InChI is InChI=1S/C23H25ClN2O/c1-2-16-6-5-7-19-21(15-25-23(16)19)20(17-8-10-18(24)11-9-17)14-22(27)26-12-3-4-13-26/h5-11,15,20,25H,2-4,12-14H2,1H3/t20-/m0/s1. The van der Waals surface area contributed by atoms with Crippen molar-refractivity contribution in [1.82, 2.24) is 9.88 Å². The number of para-hydroxylation sites is 1. The number of fused-ring (bicyclic) bond motifs is 1. The van der Waals surface area contributed by atoms with Gasteiger partial charge < -0.3 is 9.88 Å². The third-order valence-corrected chi connectivity index (χ3v) is 5.95. The van der Waals surface area contributed by atoms with Crippen molar-refractivity contribution in [1.29, 1.82) is 0 Å². The molecule has 0 unspecified atom stereocenters. The molecular weight excluding hydrogens is 356 g/mol. The first-order valence-corrected chi connectivity index (χ1v) is 10.2. The maximum absolute atomic E-state index is 12.9. The summed E-state index contributed by atoms with van der Waals surface area (Å²) < 4.78 is 0. The number of hydrogen-bond acceptors (Lipinski definition) is 1. The summed E-state index contributed by atoms with van der Waals surface area (Å²) in [7, 11) is 0. The smallest absolute Gasteiger partial charge is 0.223 e. The van der Waals surface area contributed by atoms with Crippen LogP contribution in [0.3, 0.4) is 0 Å². The van der Waals surface area contributed by atoms with Gasteiger partial charge in [-0.1, -0.05) is 48.9 Å². The summed E-state index contributed by atoms with van der Waals surface area (Å²) in [6.45, 7) is 3.95. The van der Waals surface area contributed by atoms with Gasteiger partial charge in [0.2, 0.25) is 5.91 Å². The van der Waals surface area contributed by atoms with Gasteiger partial charge in [-0.25, -0.2) is 0 Å². The molecule has 3 nitrogen and oxygen atoms in total. The second-order valence-corrected chi connectivity index (χ2v) is 7.77. The molecule has 2 heterocycles. The van der Waals surface area contributed by atoms with Crippen molar-refractivity contribution in [2.24, 2.45) is 0 Å². The van der Waals surface area contributed by atoms with E-state index in [0.29, 0.717) is 6.42 Å². The highest BCUT2D eigenvalue weighted by atomic mass is 35.5. The maximum atomic E-state index is 12.9. The van der Waals surface area contributed by atoms with Crippen LogP contribution in [0.2, 0.25) is 5.02 Å². The molecule has 1 fully saturated rings. The number of halogens is 1. The van der Waals surface area contributed by atoms with Crippen molar-refractivity contribution >= 4 is 28.4 Å². The van der Waals surface area contributed by atoms with Crippen molar-refractivity contribution in [2.75, 3.05) is 13.1 Å². The Morgan fingerprint density at radius 1 is 1.15 bits per heavy atom. The number of likely N-dealkylation sites (tertiary alicyclic amines) is 1. The predicted octanol–water partition coefficient (Wildman–Crippen LogP) is 5.53. The van der Waals surface area contributed by atoms with Crippen LogP contribution in [0, 0.1) is 0 Å². The topological polar surface area (TPSA) is 36.1 Å². The Kier molecular flexibility index (Phi) is 5.22. The van der Waals surface area contributed by atoms with E-state index in [1.54, 1.807) is 0 Å². The van der Waals surface area contributed by atoms with Gasteiger partial charge in [-0.15, -0.1) is 0 Å².